The second-order valence-electron chi connectivity index (χ2n) is 6.26. The van der Waals surface area contributed by atoms with Gasteiger partial charge in [0.1, 0.15) is 0 Å². The van der Waals surface area contributed by atoms with Crippen molar-refractivity contribution in [2.75, 3.05) is 44.2 Å². The number of aromatic nitrogens is 2. The first-order valence-corrected chi connectivity index (χ1v) is 10.3. The van der Waals surface area contributed by atoms with Crippen molar-refractivity contribution in [1.29, 1.82) is 5.26 Å². The first-order chi connectivity index (χ1) is 13.1. The van der Waals surface area contributed by atoms with Crippen molar-refractivity contribution in [1.82, 2.24) is 19.6 Å². The van der Waals surface area contributed by atoms with E-state index in [0.717, 1.165) is 45.1 Å². The second-order valence-corrected chi connectivity index (χ2v) is 8.03. The quantitative estimate of drug-likeness (QED) is 0.704. The van der Waals surface area contributed by atoms with Crippen LogP contribution < -0.4 is 9.62 Å². The molecule has 8 nitrogen and oxygen atoms in total. The summed E-state index contributed by atoms with van der Waals surface area (Å²) >= 11 is 0. The van der Waals surface area contributed by atoms with Crippen LogP contribution >= 0.6 is 0 Å². The first-order valence-electron chi connectivity index (χ1n) is 8.83. The number of hydrogen-bond donors (Lipinski definition) is 1. The molecule has 27 heavy (non-hydrogen) atoms. The lowest BCUT2D eigenvalue weighted by atomic mass is 10.2. The van der Waals surface area contributed by atoms with Gasteiger partial charge < -0.3 is 4.90 Å². The number of nitriles is 1. The highest BCUT2D eigenvalue weighted by atomic mass is 32.2. The van der Waals surface area contributed by atoms with E-state index in [1.165, 1.54) is 24.3 Å². The predicted octanol–water partition coefficient (Wildman–Crippen LogP) is 0.839. The van der Waals surface area contributed by atoms with E-state index < -0.39 is 10.0 Å². The summed E-state index contributed by atoms with van der Waals surface area (Å²) < 4.78 is 27.1. The van der Waals surface area contributed by atoms with Gasteiger partial charge in [0.15, 0.2) is 0 Å². The summed E-state index contributed by atoms with van der Waals surface area (Å²) in [6, 6.07) is 9.69. The maximum Gasteiger partial charge on any atom is 0.240 e. The molecule has 142 valence electrons. The lowest BCUT2D eigenvalue weighted by molar-refractivity contribution is 0.254. The Kier molecular flexibility index (Phi) is 6.34. The minimum atomic E-state index is -3.54. The highest BCUT2D eigenvalue weighted by molar-refractivity contribution is 7.89. The van der Waals surface area contributed by atoms with E-state index in [9.17, 15) is 8.42 Å². The Morgan fingerprint density at radius 3 is 2.37 bits per heavy atom. The van der Waals surface area contributed by atoms with Gasteiger partial charge in [-0.25, -0.2) is 23.1 Å². The van der Waals surface area contributed by atoms with Crippen LogP contribution in [0.4, 0.5) is 5.95 Å². The largest absolute Gasteiger partial charge is 0.338 e. The van der Waals surface area contributed by atoms with Crippen molar-refractivity contribution in [3.05, 3.63) is 48.3 Å². The standard InChI is InChI=1S/C18H22N6O2S/c19-15-16-3-5-17(6-4-16)27(25,26)22-9-2-10-23-11-13-24(14-12-23)18-20-7-1-8-21-18/h1,3-8,22H,2,9-14H2. The molecule has 2 heterocycles. The van der Waals surface area contributed by atoms with Crippen molar-refractivity contribution < 1.29 is 8.42 Å². The van der Waals surface area contributed by atoms with Crippen LogP contribution in [0.1, 0.15) is 12.0 Å². The number of anilines is 1. The van der Waals surface area contributed by atoms with Crippen LogP contribution in [0, 0.1) is 11.3 Å². The Balaban J connectivity index is 1.39. The van der Waals surface area contributed by atoms with E-state index in [2.05, 4.69) is 24.5 Å². The second kappa shape index (κ2) is 8.90. The van der Waals surface area contributed by atoms with Crippen LogP contribution in [-0.4, -0.2) is 62.6 Å². The number of sulfonamides is 1. The lowest BCUT2D eigenvalue weighted by Crippen LogP contribution is -2.47. The van der Waals surface area contributed by atoms with Crippen molar-refractivity contribution >= 4 is 16.0 Å². The van der Waals surface area contributed by atoms with Crippen LogP contribution in [0.25, 0.3) is 0 Å². The molecule has 3 rings (SSSR count). The molecule has 0 atom stereocenters. The van der Waals surface area contributed by atoms with E-state index in [1.54, 1.807) is 18.5 Å². The molecule has 0 spiro atoms. The van der Waals surface area contributed by atoms with Crippen LogP contribution in [-0.2, 0) is 10.0 Å². The minimum absolute atomic E-state index is 0.179. The first kappa shape index (κ1) is 19.2. The fourth-order valence-corrected chi connectivity index (χ4v) is 4.00. The maximum atomic E-state index is 12.3. The topological polar surface area (TPSA) is 102 Å². The molecular weight excluding hydrogens is 364 g/mol. The van der Waals surface area contributed by atoms with Crippen LogP contribution in [0.2, 0.25) is 0 Å². The van der Waals surface area contributed by atoms with Gasteiger partial charge in [0.05, 0.1) is 16.5 Å². The molecule has 2 aromatic rings. The molecule has 1 aliphatic heterocycles. The van der Waals surface area contributed by atoms with E-state index in [0.29, 0.717) is 12.1 Å². The van der Waals surface area contributed by atoms with Crippen molar-refractivity contribution in [3.63, 3.8) is 0 Å². The molecule has 9 heteroatoms. The molecule has 0 unspecified atom stereocenters. The molecule has 1 N–H and O–H groups in total. The van der Waals surface area contributed by atoms with E-state index >= 15 is 0 Å². The maximum absolute atomic E-state index is 12.3. The average Bonchev–Trinajstić information content (AvgIpc) is 2.72. The number of nitrogens with zero attached hydrogens (tertiary/aromatic N) is 5. The number of rotatable bonds is 7. The monoisotopic (exact) mass is 386 g/mol. The summed E-state index contributed by atoms with van der Waals surface area (Å²) in [6.07, 6.45) is 4.22. The van der Waals surface area contributed by atoms with Crippen LogP contribution in [0.15, 0.2) is 47.6 Å². The smallest absolute Gasteiger partial charge is 0.240 e. The molecule has 1 fully saturated rings. The van der Waals surface area contributed by atoms with Gasteiger partial charge in [-0.15, -0.1) is 0 Å². The summed E-state index contributed by atoms with van der Waals surface area (Å²) in [5.41, 5.74) is 0.439. The SMILES string of the molecule is N#Cc1ccc(S(=O)(=O)NCCCN2CCN(c3ncccn3)CC2)cc1. The molecule has 0 bridgehead atoms. The molecular formula is C18H22N6O2S. The third-order valence-corrected chi connectivity index (χ3v) is 5.92. The number of nitrogens with one attached hydrogen (secondary N) is 1. The van der Waals surface area contributed by atoms with E-state index in [-0.39, 0.29) is 4.90 Å². The summed E-state index contributed by atoms with van der Waals surface area (Å²) in [7, 11) is -3.54. The van der Waals surface area contributed by atoms with Gasteiger partial charge in [-0.1, -0.05) is 0 Å². The summed E-state index contributed by atoms with van der Waals surface area (Å²) in [6.45, 7) is 4.74. The van der Waals surface area contributed by atoms with Gasteiger partial charge in [0, 0.05) is 45.1 Å². The van der Waals surface area contributed by atoms with Gasteiger partial charge in [-0.2, -0.15) is 5.26 Å². The molecule has 1 saturated heterocycles. The fourth-order valence-electron chi connectivity index (χ4n) is 2.93. The van der Waals surface area contributed by atoms with Crippen LogP contribution in [0.5, 0.6) is 0 Å². The van der Waals surface area contributed by atoms with Gasteiger partial charge >= 0.3 is 0 Å². The van der Waals surface area contributed by atoms with Gasteiger partial charge in [-0.05, 0) is 43.3 Å². The van der Waals surface area contributed by atoms with E-state index in [1.807, 2.05) is 6.07 Å². The number of benzene rings is 1. The molecule has 1 aromatic carbocycles. The third-order valence-electron chi connectivity index (χ3n) is 4.44. The number of piperazine rings is 1. The third kappa shape index (κ3) is 5.23. The average molecular weight is 386 g/mol. The zero-order valence-corrected chi connectivity index (χ0v) is 15.8. The summed E-state index contributed by atoms with van der Waals surface area (Å²) in [5, 5.41) is 8.78. The van der Waals surface area contributed by atoms with Gasteiger partial charge in [0.2, 0.25) is 16.0 Å². The zero-order chi connectivity index (χ0) is 19.1. The molecule has 0 saturated carbocycles. The summed E-state index contributed by atoms with van der Waals surface area (Å²) in [5.74, 6) is 0.757. The Hall–Kier alpha value is -2.54. The lowest BCUT2D eigenvalue weighted by Gasteiger charge is -2.34. The molecule has 0 amide bonds. The Morgan fingerprint density at radius 2 is 1.74 bits per heavy atom. The highest BCUT2D eigenvalue weighted by Crippen LogP contribution is 2.11. The molecule has 1 aromatic heterocycles. The Morgan fingerprint density at radius 1 is 1.07 bits per heavy atom. The summed E-state index contributed by atoms with van der Waals surface area (Å²) in [4.78, 5) is 13.2. The minimum Gasteiger partial charge on any atom is -0.338 e. The Labute approximate surface area is 159 Å². The van der Waals surface area contributed by atoms with Crippen molar-refractivity contribution in [2.24, 2.45) is 0 Å². The molecule has 0 aliphatic carbocycles. The van der Waals surface area contributed by atoms with E-state index in [4.69, 9.17) is 5.26 Å². The highest BCUT2D eigenvalue weighted by Gasteiger charge is 2.19. The fraction of sp³-hybridized carbons (Fsp3) is 0.389. The van der Waals surface area contributed by atoms with Gasteiger partial charge in [-0.3, -0.25) is 4.90 Å². The van der Waals surface area contributed by atoms with Gasteiger partial charge in [0.25, 0.3) is 0 Å². The normalized spacial score (nSPS) is 15.4. The van der Waals surface area contributed by atoms with Crippen molar-refractivity contribution in [3.8, 4) is 6.07 Å². The zero-order valence-electron chi connectivity index (χ0n) is 15.0. The molecule has 1 aliphatic rings. The predicted molar refractivity (Wildman–Crippen MR) is 102 cm³/mol. The molecule has 0 radical (unpaired) electrons. The Bertz CT molecular complexity index is 872. The van der Waals surface area contributed by atoms with Crippen LogP contribution in [0.3, 0.4) is 0 Å². The number of hydrogen-bond acceptors (Lipinski definition) is 7. The van der Waals surface area contributed by atoms with Crippen molar-refractivity contribution in [2.45, 2.75) is 11.3 Å².